The van der Waals surface area contributed by atoms with Gasteiger partial charge in [0.25, 0.3) is 0 Å². The molecule has 0 bridgehead atoms. The molecule has 0 saturated carbocycles. The summed E-state index contributed by atoms with van der Waals surface area (Å²) in [5, 5.41) is 10.3. The quantitative estimate of drug-likeness (QED) is 0.136. The van der Waals surface area contributed by atoms with E-state index in [9.17, 15) is 0 Å². The monoisotopic (exact) mass is 1080 g/mol. The fourth-order valence-corrected chi connectivity index (χ4v) is 12.5. The smallest absolute Gasteiger partial charge is 0.137 e. The summed E-state index contributed by atoms with van der Waals surface area (Å²) in [7, 11) is 0. The number of hydrogen-bond donors (Lipinski definition) is 2. The Morgan fingerprint density at radius 3 is 1.64 bits per heavy atom. The lowest BCUT2D eigenvalue weighted by atomic mass is 9.67. The highest BCUT2D eigenvalue weighted by molar-refractivity contribution is 6.09. The molecule has 2 N–H and O–H groups in total. The first-order valence-electron chi connectivity index (χ1n) is 29.1. The van der Waals surface area contributed by atoms with Crippen LogP contribution in [-0.4, -0.2) is 9.55 Å². The number of fused-ring (bicyclic) bond motifs is 6. The number of ether oxygens (including phenoxy) is 1. The molecule has 0 atom stereocenters. The summed E-state index contributed by atoms with van der Waals surface area (Å²) < 4.78 is 9.04. The van der Waals surface area contributed by atoms with E-state index in [4.69, 9.17) is 9.72 Å². The number of aromatic nitrogens is 2. The number of para-hydroxylation sites is 4. The summed E-state index contributed by atoms with van der Waals surface area (Å²) in [5.74, 6) is 2.34. The minimum absolute atomic E-state index is 0.0277. The van der Waals surface area contributed by atoms with E-state index in [1.807, 2.05) is 18.3 Å². The molecule has 12 aromatic rings. The molecular weight excluding hydrogens is 1010 g/mol. The van der Waals surface area contributed by atoms with Crippen molar-refractivity contribution in [3.63, 3.8) is 0 Å². The van der Waals surface area contributed by atoms with Gasteiger partial charge in [-0.05, 0) is 138 Å². The summed E-state index contributed by atoms with van der Waals surface area (Å²) in [5.41, 5.74) is 21.1. The normalized spacial score (nSPS) is 13.0. The molecule has 0 fully saturated rings. The van der Waals surface area contributed by atoms with Crippen molar-refractivity contribution in [2.45, 2.75) is 84.0 Å². The molecule has 2 aromatic heterocycles. The SMILES string of the molecule is CC(C)(C)c1cc(-c2cccc(-c3cccc(C4(c5ccccc5)c5ccccc5-c5ccccc54)c3)c2Nc2ccccc2Nc2cccc(Oc3ccc4c5ccccc5n(-c5cc(C(C)(C)C)ccn5)c4c3)c2)cc(C(C)(C)C)c1. The molecule has 13 rings (SSSR count). The Kier molecular flexibility index (Phi) is 13.1. The summed E-state index contributed by atoms with van der Waals surface area (Å²) in [6, 6.07) is 88.3. The molecule has 0 aliphatic heterocycles. The van der Waals surface area contributed by atoms with Crippen molar-refractivity contribution in [2.24, 2.45) is 0 Å². The number of hydrogen-bond acceptors (Lipinski definition) is 4. The van der Waals surface area contributed by atoms with Gasteiger partial charge in [-0.25, -0.2) is 4.98 Å². The van der Waals surface area contributed by atoms with Crippen LogP contribution in [0.5, 0.6) is 11.5 Å². The van der Waals surface area contributed by atoms with Gasteiger partial charge >= 0.3 is 0 Å². The molecule has 0 unspecified atom stereocenters. The molecule has 0 saturated heterocycles. The van der Waals surface area contributed by atoms with Crippen LogP contribution in [0, 0.1) is 0 Å². The van der Waals surface area contributed by atoms with E-state index in [1.54, 1.807) is 0 Å². The van der Waals surface area contributed by atoms with Gasteiger partial charge in [0, 0.05) is 45.9 Å². The lowest BCUT2D eigenvalue weighted by Gasteiger charge is -2.34. The summed E-state index contributed by atoms with van der Waals surface area (Å²) in [6.07, 6.45) is 1.92. The number of pyridine rings is 1. The Labute approximate surface area is 489 Å². The average Bonchev–Trinajstić information content (AvgIpc) is 2.11. The Bertz CT molecular complexity index is 4350. The van der Waals surface area contributed by atoms with Gasteiger partial charge in [0.2, 0.25) is 0 Å². The third kappa shape index (κ3) is 9.64. The van der Waals surface area contributed by atoms with Crippen LogP contribution in [-0.2, 0) is 21.7 Å². The maximum absolute atomic E-state index is 6.78. The second kappa shape index (κ2) is 20.5. The van der Waals surface area contributed by atoms with Gasteiger partial charge in [-0.2, -0.15) is 0 Å². The van der Waals surface area contributed by atoms with Crippen LogP contribution in [0.15, 0.2) is 249 Å². The lowest BCUT2D eigenvalue weighted by Crippen LogP contribution is -2.28. The second-order valence-electron chi connectivity index (χ2n) is 25.4. The fourth-order valence-electron chi connectivity index (χ4n) is 12.5. The first kappa shape index (κ1) is 52.9. The largest absolute Gasteiger partial charge is 0.457 e. The van der Waals surface area contributed by atoms with Crippen LogP contribution >= 0.6 is 0 Å². The molecule has 10 aromatic carbocycles. The van der Waals surface area contributed by atoms with E-state index in [-0.39, 0.29) is 16.2 Å². The van der Waals surface area contributed by atoms with E-state index in [2.05, 4.69) is 308 Å². The van der Waals surface area contributed by atoms with Gasteiger partial charge in [0.15, 0.2) is 0 Å². The van der Waals surface area contributed by atoms with Gasteiger partial charge in [-0.15, -0.1) is 0 Å². The summed E-state index contributed by atoms with van der Waals surface area (Å²) in [4.78, 5) is 4.91. The topological polar surface area (TPSA) is 51.1 Å². The van der Waals surface area contributed by atoms with E-state index in [1.165, 1.54) is 61.0 Å². The van der Waals surface area contributed by atoms with Gasteiger partial charge in [0.1, 0.15) is 17.3 Å². The van der Waals surface area contributed by atoms with E-state index < -0.39 is 5.41 Å². The van der Waals surface area contributed by atoms with Crippen LogP contribution in [0.1, 0.15) is 101 Å². The maximum atomic E-state index is 6.78. The Hall–Kier alpha value is -9.45. The number of nitrogens with zero attached hydrogens (tertiary/aromatic N) is 2. The van der Waals surface area contributed by atoms with Gasteiger partial charge in [-0.1, -0.05) is 232 Å². The fraction of sp³-hybridized carbons (Fsp3) is 0.167. The van der Waals surface area contributed by atoms with Crippen molar-refractivity contribution in [3.8, 4) is 50.7 Å². The molecule has 0 radical (unpaired) electrons. The van der Waals surface area contributed by atoms with E-state index in [0.29, 0.717) is 0 Å². The zero-order valence-electron chi connectivity index (χ0n) is 49.0. The zero-order chi connectivity index (χ0) is 57.3. The molecule has 408 valence electrons. The van der Waals surface area contributed by atoms with Crippen LogP contribution in [0.3, 0.4) is 0 Å². The highest BCUT2D eigenvalue weighted by Crippen LogP contribution is 2.57. The van der Waals surface area contributed by atoms with Crippen molar-refractivity contribution in [3.05, 3.63) is 288 Å². The second-order valence-corrected chi connectivity index (χ2v) is 25.4. The van der Waals surface area contributed by atoms with E-state index in [0.717, 1.165) is 73.2 Å². The minimum Gasteiger partial charge on any atom is -0.457 e. The van der Waals surface area contributed by atoms with Crippen molar-refractivity contribution < 1.29 is 4.74 Å². The third-order valence-corrected chi connectivity index (χ3v) is 16.8. The van der Waals surface area contributed by atoms with E-state index >= 15 is 0 Å². The first-order valence-corrected chi connectivity index (χ1v) is 29.1. The van der Waals surface area contributed by atoms with Crippen LogP contribution in [0.4, 0.5) is 22.7 Å². The highest BCUT2D eigenvalue weighted by Gasteiger charge is 2.46. The molecule has 2 heterocycles. The summed E-state index contributed by atoms with van der Waals surface area (Å²) in [6.45, 7) is 20.6. The third-order valence-electron chi connectivity index (χ3n) is 16.8. The average molecular weight is 1080 g/mol. The van der Waals surface area contributed by atoms with Crippen molar-refractivity contribution in [1.82, 2.24) is 9.55 Å². The van der Waals surface area contributed by atoms with Gasteiger partial charge < -0.3 is 15.4 Å². The zero-order valence-corrected chi connectivity index (χ0v) is 49.0. The molecule has 1 aliphatic carbocycles. The maximum Gasteiger partial charge on any atom is 0.137 e. The minimum atomic E-state index is -0.546. The van der Waals surface area contributed by atoms with Crippen molar-refractivity contribution in [2.75, 3.05) is 10.6 Å². The van der Waals surface area contributed by atoms with Crippen LogP contribution in [0.25, 0.3) is 61.0 Å². The molecule has 5 nitrogen and oxygen atoms in total. The lowest BCUT2D eigenvalue weighted by molar-refractivity contribution is 0.483. The van der Waals surface area contributed by atoms with Gasteiger partial charge in [0.05, 0.1) is 33.5 Å². The Balaban J connectivity index is 0.907. The Morgan fingerprint density at radius 2 is 0.940 bits per heavy atom. The predicted molar refractivity (Wildman–Crippen MR) is 349 cm³/mol. The van der Waals surface area contributed by atoms with Crippen LogP contribution in [0.2, 0.25) is 0 Å². The van der Waals surface area contributed by atoms with Gasteiger partial charge in [-0.3, -0.25) is 4.57 Å². The molecule has 1 aliphatic rings. The highest BCUT2D eigenvalue weighted by atomic mass is 16.5. The first-order chi connectivity index (χ1) is 40.0. The number of anilines is 4. The van der Waals surface area contributed by atoms with Crippen LogP contribution < -0.4 is 15.4 Å². The molecule has 5 heteroatoms. The summed E-state index contributed by atoms with van der Waals surface area (Å²) >= 11 is 0. The number of nitrogens with one attached hydrogen (secondary N) is 2. The standard InChI is InChI=1S/C78H70N4O/c1-75(2,3)54-42-43-79-73(48-54)82-71-39-20-15-32-65(71)66-41-40-60(50-72(66)82)83-59-29-22-28-58(49-59)80-69-37-18-19-38-70(69)81-74-61(33-23-34-62(74)52-45-56(76(4,5)6)47-57(46-52)77(7,8)9)51-24-21-27-55(44-51)78(53-25-11-10-12-26-53)67-35-16-13-30-63(67)64-31-14-17-36-68(64)78/h10-50,80-81H,1-9H3. The Morgan fingerprint density at radius 1 is 0.386 bits per heavy atom. The van der Waals surface area contributed by atoms with Crippen molar-refractivity contribution in [1.29, 1.82) is 0 Å². The number of benzene rings is 10. The molecular formula is C78H70N4O. The molecule has 0 spiro atoms. The predicted octanol–water partition coefficient (Wildman–Crippen LogP) is 21.0. The molecule has 83 heavy (non-hydrogen) atoms. The molecule has 0 amide bonds. The number of rotatable bonds is 11. The van der Waals surface area contributed by atoms with Crippen molar-refractivity contribution >= 4 is 44.6 Å².